The van der Waals surface area contributed by atoms with Crippen LogP contribution in [-0.4, -0.2) is 46.1 Å². The quantitative estimate of drug-likeness (QED) is 0.0742. The van der Waals surface area contributed by atoms with Crippen LogP contribution >= 0.6 is 0 Å². The van der Waals surface area contributed by atoms with Gasteiger partial charge >= 0.3 is 0 Å². The van der Waals surface area contributed by atoms with Crippen molar-refractivity contribution in [3.05, 3.63) is 0 Å². The second-order valence-electron chi connectivity index (χ2n) is 11.4. The molecule has 0 bridgehead atoms. The van der Waals surface area contributed by atoms with E-state index in [0.717, 1.165) is 25.7 Å². The molecule has 0 aromatic rings. The van der Waals surface area contributed by atoms with Crippen molar-refractivity contribution in [1.82, 2.24) is 5.32 Å². The van der Waals surface area contributed by atoms with Gasteiger partial charge in [-0.2, -0.15) is 0 Å². The fourth-order valence-corrected chi connectivity index (χ4v) is 5.11. The Morgan fingerprint density at radius 1 is 0.568 bits per heavy atom. The Bertz CT molecular complexity index is 474. The van der Waals surface area contributed by atoms with Crippen molar-refractivity contribution in [3.8, 4) is 0 Å². The molecule has 5 nitrogen and oxygen atoms in total. The smallest absolute Gasteiger partial charge is 0.222 e. The Morgan fingerprint density at radius 2 is 0.919 bits per heavy atom. The van der Waals surface area contributed by atoms with Gasteiger partial charge < -0.3 is 20.6 Å². The minimum Gasteiger partial charge on any atom is -0.394 e. The standard InChI is InChI=1S/C32H65NO4/c1-3-5-7-9-11-12-13-14-15-16-17-18-20-22-24-26-31(36)30(28-34)33-32(37)27-29(35)25-23-21-19-10-8-6-4-2/h29-31,34-36H,3-28H2,1-2H3,(H,33,37). The Labute approximate surface area is 230 Å². The number of nitrogens with one attached hydrogen (secondary N) is 1. The molecule has 0 aliphatic heterocycles. The van der Waals surface area contributed by atoms with Crippen molar-refractivity contribution < 1.29 is 20.1 Å². The summed E-state index contributed by atoms with van der Waals surface area (Å²) in [5, 5.41) is 32.9. The zero-order chi connectivity index (χ0) is 27.4. The third-order valence-corrected chi connectivity index (χ3v) is 7.67. The molecule has 0 fully saturated rings. The van der Waals surface area contributed by atoms with Crippen molar-refractivity contribution in [2.24, 2.45) is 0 Å². The number of hydrogen-bond donors (Lipinski definition) is 4. The summed E-state index contributed by atoms with van der Waals surface area (Å²) in [4.78, 5) is 12.3. The molecule has 0 aromatic carbocycles. The lowest BCUT2D eigenvalue weighted by Gasteiger charge is -2.23. The first-order valence-electron chi connectivity index (χ1n) is 16.3. The molecule has 0 rings (SSSR count). The highest BCUT2D eigenvalue weighted by Gasteiger charge is 2.21. The summed E-state index contributed by atoms with van der Waals surface area (Å²) >= 11 is 0. The molecule has 0 heterocycles. The van der Waals surface area contributed by atoms with E-state index in [1.54, 1.807) is 0 Å². The first-order valence-corrected chi connectivity index (χ1v) is 16.3. The van der Waals surface area contributed by atoms with Gasteiger partial charge in [-0.3, -0.25) is 4.79 Å². The van der Waals surface area contributed by atoms with Crippen LogP contribution in [0.4, 0.5) is 0 Å². The lowest BCUT2D eigenvalue weighted by molar-refractivity contribution is -0.125. The molecular weight excluding hydrogens is 462 g/mol. The molecule has 0 spiro atoms. The van der Waals surface area contributed by atoms with E-state index in [2.05, 4.69) is 19.2 Å². The normalized spacial score (nSPS) is 14.0. The van der Waals surface area contributed by atoms with E-state index < -0.39 is 18.2 Å². The van der Waals surface area contributed by atoms with E-state index in [1.165, 1.54) is 116 Å². The molecule has 0 saturated heterocycles. The van der Waals surface area contributed by atoms with Gasteiger partial charge in [0.1, 0.15) is 0 Å². The molecule has 3 unspecified atom stereocenters. The van der Waals surface area contributed by atoms with Crippen LogP contribution in [0.25, 0.3) is 0 Å². The first-order chi connectivity index (χ1) is 18.0. The van der Waals surface area contributed by atoms with E-state index in [0.29, 0.717) is 12.8 Å². The molecule has 0 saturated carbocycles. The lowest BCUT2D eigenvalue weighted by Crippen LogP contribution is -2.46. The Kier molecular flexibility index (Phi) is 27.9. The second-order valence-corrected chi connectivity index (χ2v) is 11.4. The fraction of sp³-hybridized carbons (Fsp3) is 0.969. The van der Waals surface area contributed by atoms with Gasteiger partial charge in [-0.15, -0.1) is 0 Å². The number of aliphatic hydroxyl groups excluding tert-OH is 3. The maximum atomic E-state index is 12.3. The predicted molar refractivity (Wildman–Crippen MR) is 158 cm³/mol. The van der Waals surface area contributed by atoms with Crippen LogP contribution in [0.1, 0.15) is 174 Å². The maximum Gasteiger partial charge on any atom is 0.222 e. The van der Waals surface area contributed by atoms with Gasteiger partial charge in [-0.25, -0.2) is 0 Å². The number of carbonyl (C=O) groups excluding carboxylic acids is 1. The van der Waals surface area contributed by atoms with E-state index in [9.17, 15) is 20.1 Å². The van der Waals surface area contributed by atoms with Gasteiger partial charge in [-0.05, 0) is 12.8 Å². The van der Waals surface area contributed by atoms with Crippen molar-refractivity contribution in [3.63, 3.8) is 0 Å². The largest absolute Gasteiger partial charge is 0.394 e. The zero-order valence-corrected chi connectivity index (χ0v) is 24.9. The molecule has 0 aromatic heterocycles. The number of carbonyl (C=O) groups is 1. The number of hydrogen-bond acceptors (Lipinski definition) is 4. The number of amides is 1. The van der Waals surface area contributed by atoms with Gasteiger partial charge in [0, 0.05) is 0 Å². The Balaban J connectivity index is 3.67. The van der Waals surface area contributed by atoms with Gasteiger partial charge in [0.2, 0.25) is 5.91 Å². The van der Waals surface area contributed by atoms with Gasteiger partial charge in [0.25, 0.3) is 0 Å². The summed E-state index contributed by atoms with van der Waals surface area (Å²) in [6.45, 7) is 4.20. The van der Waals surface area contributed by atoms with E-state index in [-0.39, 0.29) is 18.9 Å². The summed E-state index contributed by atoms with van der Waals surface area (Å²) in [7, 11) is 0. The van der Waals surface area contributed by atoms with Gasteiger partial charge in [0.15, 0.2) is 0 Å². The summed E-state index contributed by atoms with van der Waals surface area (Å²) in [6.07, 6.45) is 27.7. The lowest BCUT2D eigenvalue weighted by atomic mass is 10.0. The minimum absolute atomic E-state index is 0.0397. The van der Waals surface area contributed by atoms with E-state index >= 15 is 0 Å². The third-order valence-electron chi connectivity index (χ3n) is 7.67. The van der Waals surface area contributed by atoms with Gasteiger partial charge in [-0.1, -0.05) is 155 Å². The highest BCUT2D eigenvalue weighted by molar-refractivity contribution is 5.76. The topological polar surface area (TPSA) is 89.8 Å². The van der Waals surface area contributed by atoms with E-state index in [1.807, 2.05) is 0 Å². The van der Waals surface area contributed by atoms with Crippen LogP contribution in [0.2, 0.25) is 0 Å². The van der Waals surface area contributed by atoms with Crippen molar-refractivity contribution in [2.45, 2.75) is 193 Å². The molecular formula is C32H65NO4. The third kappa shape index (κ3) is 25.4. The average Bonchev–Trinajstić information content (AvgIpc) is 2.88. The number of aliphatic hydroxyl groups is 3. The zero-order valence-electron chi connectivity index (χ0n) is 24.9. The van der Waals surface area contributed by atoms with E-state index in [4.69, 9.17) is 0 Å². The van der Waals surface area contributed by atoms with Crippen LogP contribution in [-0.2, 0) is 4.79 Å². The average molecular weight is 528 g/mol. The Morgan fingerprint density at radius 3 is 1.30 bits per heavy atom. The summed E-state index contributed by atoms with van der Waals surface area (Å²) in [5.41, 5.74) is 0. The van der Waals surface area contributed by atoms with Crippen molar-refractivity contribution in [1.29, 1.82) is 0 Å². The fourth-order valence-electron chi connectivity index (χ4n) is 5.11. The van der Waals surface area contributed by atoms with Crippen LogP contribution in [0.5, 0.6) is 0 Å². The molecule has 0 radical (unpaired) electrons. The summed E-state index contributed by atoms with van der Waals surface area (Å²) in [5.74, 6) is -0.287. The monoisotopic (exact) mass is 527 g/mol. The van der Waals surface area contributed by atoms with Crippen molar-refractivity contribution in [2.75, 3.05) is 6.61 Å². The van der Waals surface area contributed by atoms with Crippen LogP contribution in [0.3, 0.4) is 0 Å². The molecule has 5 heteroatoms. The molecule has 37 heavy (non-hydrogen) atoms. The molecule has 222 valence electrons. The molecule has 0 aliphatic rings. The number of unbranched alkanes of at least 4 members (excludes halogenated alkanes) is 20. The van der Waals surface area contributed by atoms with Crippen LogP contribution < -0.4 is 5.32 Å². The Hall–Kier alpha value is -0.650. The molecule has 0 aliphatic carbocycles. The second kappa shape index (κ2) is 28.4. The van der Waals surface area contributed by atoms with Crippen LogP contribution in [0, 0.1) is 0 Å². The highest BCUT2D eigenvalue weighted by atomic mass is 16.3. The van der Waals surface area contributed by atoms with Gasteiger partial charge in [0.05, 0.1) is 31.3 Å². The molecule has 3 atom stereocenters. The SMILES string of the molecule is CCCCCCCCCCCCCCCCCC(O)C(CO)NC(=O)CC(O)CCCCCCCCC. The molecule has 1 amide bonds. The summed E-state index contributed by atoms with van der Waals surface area (Å²) in [6, 6.07) is -0.648. The van der Waals surface area contributed by atoms with Crippen molar-refractivity contribution >= 4 is 5.91 Å². The summed E-state index contributed by atoms with van der Waals surface area (Å²) < 4.78 is 0. The van der Waals surface area contributed by atoms with Crippen LogP contribution in [0.15, 0.2) is 0 Å². The maximum absolute atomic E-state index is 12.3. The predicted octanol–water partition coefficient (Wildman–Crippen LogP) is 7.98. The minimum atomic E-state index is -0.740. The highest BCUT2D eigenvalue weighted by Crippen LogP contribution is 2.15. The molecule has 4 N–H and O–H groups in total. The first kappa shape index (κ1) is 36.4. The number of rotatable bonds is 29.